The molecule has 1 N–H and O–H groups in total. The molecule has 2 rings (SSSR count). The number of amides is 1. The molecule has 1 amide bonds. The summed E-state index contributed by atoms with van der Waals surface area (Å²) in [6.07, 6.45) is -0.0868. The van der Waals surface area contributed by atoms with Crippen molar-refractivity contribution in [2.75, 3.05) is 5.32 Å². The molecule has 0 radical (unpaired) electrons. The number of hydrogen-bond donors (Lipinski definition) is 1. The van der Waals surface area contributed by atoms with Gasteiger partial charge in [-0.15, -0.1) is 0 Å². The molecule has 0 aliphatic carbocycles. The van der Waals surface area contributed by atoms with Gasteiger partial charge in [0.2, 0.25) is 5.91 Å². The Morgan fingerprint density at radius 3 is 2.38 bits per heavy atom. The fraction of sp³-hybridized carbons (Fsp3) is 0.125. The molecule has 0 spiro atoms. The van der Waals surface area contributed by atoms with E-state index in [1.165, 1.54) is 0 Å². The van der Waals surface area contributed by atoms with Gasteiger partial charge in [-0.05, 0) is 12.1 Å². The van der Waals surface area contributed by atoms with Crippen LogP contribution in [0.2, 0.25) is 0 Å². The van der Waals surface area contributed by atoms with E-state index in [0.717, 1.165) is 18.2 Å². The first-order valence-corrected chi connectivity index (χ1v) is 6.39. The molecule has 0 atom stereocenters. The van der Waals surface area contributed by atoms with Gasteiger partial charge >= 0.3 is 0 Å². The Morgan fingerprint density at radius 1 is 0.952 bits per heavy atom. The van der Waals surface area contributed by atoms with E-state index in [0.29, 0.717) is 5.56 Å². The molecule has 0 saturated carbocycles. The Kier molecular flexibility index (Phi) is 4.77. The van der Waals surface area contributed by atoms with Crippen LogP contribution in [-0.2, 0) is 4.79 Å². The number of anilines is 1. The van der Waals surface area contributed by atoms with E-state index >= 15 is 0 Å². The first-order chi connectivity index (χ1) is 10.1. The lowest BCUT2D eigenvalue weighted by atomic mass is 10.1. The first-order valence-electron chi connectivity index (χ1n) is 6.39. The van der Waals surface area contributed by atoms with Gasteiger partial charge in [-0.2, -0.15) is 0 Å². The van der Waals surface area contributed by atoms with Crippen LogP contribution < -0.4 is 5.32 Å². The van der Waals surface area contributed by atoms with Crippen molar-refractivity contribution < 1.29 is 18.4 Å². The molecule has 2 aromatic carbocycles. The Hall–Kier alpha value is -2.56. The first kappa shape index (κ1) is 14.8. The normalized spacial score (nSPS) is 10.2. The maximum atomic E-state index is 13.3. The fourth-order valence-corrected chi connectivity index (χ4v) is 1.80. The van der Waals surface area contributed by atoms with Crippen molar-refractivity contribution in [3.63, 3.8) is 0 Å². The number of halogens is 2. The highest BCUT2D eigenvalue weighted by Gasteiger charge is 2.11. The van der Waals surface area contributed by atoms with Crippen molar-refractivity contribution in [3.8, 4) is 0 Å². The minimum Gasteiger partial charge on any atom is -0.324 e. The van der Waals surface area contributed by atoms with E-state index in [1.54, 1.807) is 30.3 Å². The smallest absolute Gasteiger partial charge is 0.224 e. The molecule has 0 fully saturated rings. The molecule has 0 aliphatic rings. The van der Waals surface area contributed by atoms with Crippen LogP contribution >= 0.6 is 0 Å². The quantitative estimate of drug-likeness (QED) is 0.855. The number of ketones is 1. The summed E-state index contributed by atoms with van der Waals surface area (Å²) in [5.41, 5.74) is 0.286. The predicted molar refractivity (Wildman–Crippen MR) is 75.0 cm³/mol. The molecule has 0 aromatic heterocycles. The maximum absolute atomic E-state index is 13.3. The highest BCUT2D eigenvalue weighted by atomic mass is 19.1. The van der Waals surface area contributed by atoms with E-state index < -0.39 is 17.5 Å². The van der Waals surface area contributed by atoms with Crippen molar-refractivity contribution in [1.29, 1.82) is 0 Å². The summed E-state index contributed by atoms with van der Waals surface area (Å²) >= 11 is 0. The lowest BCUT2D eigenvalue weighted by Gasteiger charge is -2.06. The van der Waals surface area contributed by atoms with Gasteiger partial charge in [-0.3, -0.25) is 9.59 Å². The van der Waals surface area contributed by atoms with Crippen molar-refractivity contribution >= 4 is 17.4 Å². The summed E-state index contributed by atoms with van der Waals surface area (Å²) in [6.45, 7) is 0. The summed E-state index contributed by atoms with van der Waals surface area (Å²) < 4.78 is 26.3. The Balaban J connectivity index is 1.91. The van der Waals surface area contributed by atoms with Crippen LogP contribution in [0.1, 0.15) is 23.2 Å². The highest BCUT2D eigenvalue weighted by Crippen LogP contribution is 2.16. The van der Waals surface area contributed by atoms with Crippen LogP contribution in [0.4, 0.5) is 14.5 Å². The third-order valence-electron chi connectivity index (χ3n) is 2.88. The lowest BCUT2D eigenvalue weighted by molar-refractivity contribution is -0.116. The molecule has 2 aromatic rings. The Labute approximate surface area is 120 Å². The summed E-state index contributed by atoms with van der Waals surface area (Å²) in [5.74, 6) is -2.08. The summed E-state index contributed by atoms with van der Waals surface area (Å²) in [6, 6.07) is 11.4. The summed E-state index contributed by atoms with van der Waals surface area (Å²) in [5, 5.41) is 2.25. The van der Waals surface area contributed by atoms with Crippen LogP contribution in [0.5, 0.6) is 0 Å². The second-order valence-electron chi connectivity index (χ2n) is 4.46. The monoisotopic (exact) mass is 289 g/mol. The molecule has 0 bridgehead atoms. The molecule has 21 heavy (non-hydrogen) atoms. The minimum atomic E-state index is -0.723. The van der Waals surface area contributed by atoms with Crippen LogP contribution in [-0.4, -0.2) is 11.7 Å². The zero-order valence-electron chi connectivity index (χ0n) is 11.1. The van der Waals surface area contributed by atoms with Gasteiger partial charge in [0.15, 0.2) is 5.78 Å². The van der Waals surface area contributed by atoms with Gasteiger partial charge in [0, 0.05) is 24.5 Å². The Morgan fingerprint density at radius 2 is 1.67 bits per heavy atom. The lowest BCUT2D eigenvalue weighted by Crippen LogP contribution is -2.14. The molecule has 0 unspecified atom stereocenters. The topological polar surface area (TPSA) is 46.2 Å². The molecule has 0 aliphatic heterocycles. The van der Waals surface area contributed by atoms with Crippen molar-refractivity contribution in [2.24, 2.45) is 0 Å². The van der Waals surface area contributed by atoms with Crippen molar-refractivity contribution in [3.05, 3.63) is 65.7 Å². The maximum Gasteiger partial charge on any atom is 0.224 e. The molecular weight excluding hydrogens is 276 g/mol. The average Bonchev–Trinajstić information content (AvgIpc) is 2.49. The Bertz CT molecular complexity index is 657. The zero-order chi connectivity index (χ0) is 15.2. The van der Waals surface area contributed by atoms with Crippen LogP contribution in [0.3, 0.4) is 0 Å². The van der Waals surface area contributed by atoms with E-state index in [9.17, 15) is 18.4 Å². The number of hydrogen-bond acceptors (Lipinski definition) is 2. The number of Topliss-reactive ketones (excluding diaryl/α,β-unsaturated/α-hetero) is 1. The van der Waals surface area contributed by atoms with Gasteiger partial charge in [-0.25, -0.2) is 8.78 Å². The molecule has 3 nitrogen and oxygen atoms in total. The average molecular weight is 289 g/mol. The predicted octanol–water partition coefficient (Wildman–Crippen LogP) is 3.57. The minimum absolute atomic E-state index is 0.00673. The highest BCUT2D eigenvalue weighted by molar-refractivity contribution is 5.99. The number of rotatable bonds is 5. The van der Waals surface area contributed by atoms with Crippen LogP contribution in [0.25, 0.3) is 0 Å². The fourth-order valence-electron chi connectivity index (χ4n) is 1.80. The van der Waals surface area contributed by atoms with Gasteiger partial charge in [0.05, 0.1) is 5.69 Å². The van der Waals surface area contributed by atoms with Gasteiger partial charge in [0.25, 0.3) is 0 Å². The standard InChI is InChI=1S/C16H13F2NO2/c17-12-6-7-13(18)14(10-12)19-16(21)9-8-15(20)11-4-2-1-3-5-11/h1-7,10H,8-9H2,(H,19,21). The van der Waals surface area contributed by atoms with Crippen molar-refractivity contribution in [2.45, 2.75) is 12.8 Å². The zero-order valence-corrected chi connectivity index (χ0v) is 11.1. The molecular formula is C16H13F2NO2. The SMILES string of the molecule is O=C(CCC(=O)c1ccccc1)Nc1cc(F)ccc1F. The number of carbonyl (C=O) groups is 2. The summed E-state index contributed by atoms with van der Waals surface area (Å²) in [7, 11) is 0. The molecule has 5 heteroatoms. The van der Waals surface area contributed by atoms with E-state index in [1.807, 2.05) is 0 Å². The largest absolute Gasteiger partial charge is 0.324 e. The number of benzene rings is 2. The number of carbonyl (C=O) groups excluding carboxylic acids is 2. The summed E-state index contributed by atoms with van der Waals surface area (Å²) in [4.78, 5) is 23.5. The van der Waals surface area contributed by atoms with Gasteiger partial charge in [0.1, 0.15) is 11.6 Å². The second kappa shape index (κ2) is 6.74. The van der Waals surface area contributed by atoms with Gasteiger partial charge in [-0.1, -0.05) is 30.3 Å². The molecule has 0 saturated heterocycles. The van der Waals surface area contributed by atoms with E-state index in [4.69, 9.17) is 0 Å². The van der Waals surface area contributed by atoms with Crippen LogP contribution in [0.15, 0.2) is 48.5 Å². The number of nitrogens with one attached hydrogen (secondary N) is 1. The second-order valence-corrected chi connectivity index (χ2v) is 4.46. The van der Waals surface area contributed by atoms with Crippen LogP contribution in [0, 0.1) is 11.6 Å². The van der Waals surface area contributed by atoms with E-state index in [-0.39, 0.29) is 24.3 Å². The third-order valence-corrected chi connectivity index (χ3v) is 2.88. The third kappa shape index (κ3) is 4.21. The molecule has 108 valence electrons. The van der Waals surface area contributed by atoms with E-state index in [2.05, 4.69) is 5.32 Å². The van der Waals surface area contributed by atoms with Crippen molar-refractivity contribution in [1.82, 2.24) is 0 Å². The molecule has 0 heterocycles. The van der Waals surface area contributed by atoms with Gasteiger partial charge < -0.3 is 5.32 Å².